The minimum atomic E-state index is -0.204. The molecule has 0 bridgehead atoms. The van der Waals surface area contributed by atoms with Gasteiger partial charge in [-0.3, -0.25) is 4.79 Å². The summed E-state index contributed by atoms with van der Waals surface area (Å²) in [4.78, 5) is 27.7. The van der Waals surface area contributed by atoms with Crippen molar-refractivity contribution in [2.24, 2.45) is 5.92 Å². The molecule has 0 aromatic heterocycles. The van der Waals surface area contributed by atoms with Crippen LogP contribution >= 0.6 is 0 Å². The van der Waals surface area contributed by atoms with Crippen LogP contribution in [0.15, 0.2) is 48.5 Å². The van der Waals surface area contributed by atoms with E-state index in [0.717, 1.165) is 36.1 Å². The zero-order valence-corrected chi connectivity index (χ0v) is 19.6. The van der Waals surface area contributed by atoms with Crippen molar-refractivity contribution in [3.63, 3.8) is 0 Å². The van der Waals surface area contributed by atoms with Gasteiger partial charge in [0.2, 0.25) is 5.91 Å². The number of carbonyl (C=O) groups is 2. The fourth-order valence-electron chi connectivity index (χ4n) is 4.23. The monoisotopic (exact) mass is 437 g/mol. The molecule has 0 unspecified atom stereocenters. The molecule has 3 rings (SSSR count). The third-order valence-corrected chi connectivity index (χ3v) is 5.92. The lowest BCUT2D eigenvalue weighted by atomic mass is 9.88. The first kappa shape index (κ1) is 23.6. The van der Waals surface area contributed by atoms with E-state index in [1.165, 1.54) is 5.56 Å². The van der Waals surface area contributed by atoms with Gasteiger partial charge < -0.3 is 20.3 Å². The number of urea groups is 1. The molecule has 3 amide bonds. The molecule has 2 aromatic carbocycles. The Balaban J connectivity index is 1.62. The molecule has 2 N–H and O–H groups in total. The van der Waals surface area contributed by atoms with Gasteiger partial charge >= 0.3 is 6.03 Å². The highest BCUT2D eigenvalue weighted by Crippen LogP contribution is 2.34. The van der Waals surface area contributed by atoms with Crippen molar-refractivity contribution in [3.05, 3.63) is 65.2 Å². The van der Waals surface area contributed by atoms with Gasteiger partial charge in [0.1, 0.15) is 5.75 Å². The van der Waals surface area contributed by atoms with E-state index in [2.05, 4.69) is 35.8 Å². The molecule has 6 heteroatoms. The van der Waals surface area contributed by atoms with Crippen LogP contribution in [-0.4, -0.2) is 43.1 Å². The van der Waals surface area contributed by atoms with Gasteiger partial charge in [-0.15, -0.1) is 0 Å². The third-order valence-electron chi connectivity index (χ3n) is 5.92. The smallest absolute Gasteiger partial charge is 0.318 e. The Morgan fingerprint density at radius 1 is 1.12 bits per heavy atom. The van der Waals surface area contributed by atoms with Crippen molar-refractivity contribution in [3.8, 4) is 5.75 Å². The molecule has 32 heavy (non-hydrogen) atoms. The predicted octanol–water partition coefficient (Wildman–Crippen LogP) is 4.23. The van der Waals surface area contributed by atoms with Crippen LogP contribution < -0.4 is 15.4 Å². The third kappa shape index (κ3) is 6.25. The molecule has 172 valence electrons. The number of benzene rings is 2. The van der Waals surface area contributed by atoms with Crippen molar-refractivity contribution in [2.75, 3.05) is 20.2 Å². The lowest BCUT2D eigenvalue weighted by molar-refractivity contribution is -0.126. The number of likely N-dealkylation sites (tertiary alicyclic amines) is 1. The first-order valence-electron chi connectivity index (χ1n) is 11.4. The van der Waals surface area contributed by atoms with Crippen LogP contribution in [0.5, 0.6) is 5.75 Å². The average molecular weight is 438 g/mol. The highest BCUT2D eigenvalue weighted by Gasteiger charge is 2.35. The normalized spacial score (nSPS) is 18.3. The molecular weight excluding hydrogens is 402 g/mol. The summed E-state index contributed by atoms with van der Waals surface area (Å²) < 4.78 is 5.18. The second-order valence-electron chi connectivity index (χ2n) is 8.85. The Morgan fingerprint density at radius 2 is 1.88 bits per heavy atom. The number of nitrogens with zero attached hydrogens (tertiary/aromatic N) is 1. The molecule has 2 aromatic rings. The molecule has 6 nitrogen and oxygen atoms in total. The quantitative estimate of drug-likeness (QED) is 0.681. The maximum absolute atomic E-state index is 13.0. The fraction of sp³-hybridized carbons (Fsp3) is 0.462. The summed E-state index contributed by atoms with van der Waals surface area (Å²) in [5.41, 5.74) is 3.44. The first-order valence-corrected chi connectivity index (χ1v) is 11.4. The van der Waals surface area contributed by atoms with Crippen LogP contribution in [-0.2, 0) is 11.2 Å². The highest BCUT2D eigenvalue weighted by atomic mass is 16.5. The van der Waals surface area contributed by atoms with Crippen LogP contribution in [0.3, 0.4) is 0 Å². The second-order valence-corrected chi connectivity index (χ2v) is 8.85. The number of amides is 3. The molecule has 0 aliphatic carbocycles. The zero-order chi connectivity index (χ0) is 23.1. The second kappa shape index (κ2) is 11.0. The van der Waals surface area contributed by atoms with E-state index in [4.69, 9.17) is 4.74 Å². The van der Waals surface area contributed by atoms with Gasteiger partial charge in [-0.25, -0.2) is 4.79 Å². The molecule has 1 fully saturated rings. The van der Waals surface area contributed by atoms with Crippen LogP contribution in [0.2, 0.25) is 0 Å². The molecule has 0 saturated carbocycles. The lowest BCUT2D eigenvalue weighted by Crippen LogP contribution is -2.51. The number of carbonyl (C=O) groups excluding carboxylic acids is 2. The number of hydrogen-bond donors (Lipinski definition) is 2. The number of nitrogens with one attached hydrogen (secondary N) is 2. The molecule has 1 aliphatic rings. The minimum Gasteiger partial charge on any atom is -0.497 e. The van der Waals surface area contributed by atoms with Gasteiger partial charge in [-0.1, -0.05) is 42.0 Å². The van der Waals surface area contributed by atoms with E-state index in [-0.39, 0.29) is 29.9 Å². The number of hydrogen-bond acceptors (Lipinski definition) is 3. The van der Waals surface area contributed by atoms with E-state index >= 15 is 0 Å². The number of rotatable bonds is 7. The Labute approximate surface area is 191 Å². The van der Waals surface area contributed by atoms with Crippen molar-refractivity contribution in [1.82, 2.24) is 15.5 Å². The molecule has 1 heterocycles. The summed E-state index contributed by atoms with van der Waals surface area (Å²) in [5.74, 6) is 0.635. The summed E-state index contributed by atoms with van der Waals surface area (Å²) >= 11 is 0. The van der Waals surface area contributed by atoms with Crippen molar-refractivity contribution < 1.29 is 14.3 Å². The van der Waals surface area contributed by atoms with E-state index < -0.39 is 0 Å². The molecule has 0 spiro atoms. The van der Waals surface area contributed by atoms with Crippen LogP contribution in [0.25, 0.3) is 0 Å². The molecular formula is C26H35N3O3. The summed E-state index contributed by atoms with van der Waals surface area (Å²) in [6.45, 7) is 6.95. The number of piperidine rings is 1. The van der Waals surface area contributed by atoms with E-state index in [1.54, 1.807) is 7.11 Å². The maximum Gasteiger partial charge on any atom is 0.318 e. The maximum atomic E-state index is 13.0. The molecule has 1 saturated heterocycles. The van der Waals surface area contributed by atoms with Crippen LogP contribution in [0.1, 0.15) is 49.4 Å². The fourth-order valence-corrected chi connectivity index (χ4v) is 4.23. The minimum absolute atomic E-state index is 0.0167. The van der Waals surface area contributed by atoms with Gasteiger partial charge in [-0.05, 0) is 63.3 Å². The number of ether oxygens (including phenoxy) is 1. The predicted molar refractivity (Wildman–Crippen MR) is 127 cm³/mol. The van der Waals surface area contributed by atoms with E-state index in [1.807, 2.05) is 49.1 Å². The lowest BCUT2D eigenvalue weighted by Gasteiger charge is -2.40. The largest absolute Gasteiger partial charge is 0.497 e. The molecule has 1 aliphatic heterocycles. The standard InChI is InChI=1S/C26H35N3O3/c1-18(2)28-26(31)29-17-22(10-13-24(29)21-7-5-6-19(3)16-21)25(30)27-15-14-20-8-11-23(32-4)12-9-20/h5-9,11-12,16,18,22,24H,10,13-15,17H2,1-4H3,(H,27,30)(H,28,31)/t22-,24-/m1/s1. The van der Waals surface area contributed by atoms with Crippen LogP contribution in [0, 0.1) is 12.8 Å². The van der Waals surface area contributed by atoms with E-state index in [9.17, 15) is 9.59 Å². The topological polar surface area (TPSA) is 70.7 Å². The van der Waals surface area contributed by atoms with E-state index in [0.29, 0.717) is 13.1 Å². The summed E-state index contributed by atoms with van der Waals surface area (Å²) in [7, 11) is 1.65. The van der Waals surface area contributed by atoms with Crippen LogP contribution in [0.4, 0.5) is 4.79 Å². The first-order chi connectivity index (χ1) is 15.4. The highest BCUT2D eigenvalue weighted by molar-refractivity contribution is 5.81. The Morgan fingerprint density at radius 3 is 2.53 bits per heavy atom. The zero-order valence-electron chi connectivity index (χ0n) is 19.6. The SMILES string of the molecule is COc1ccc(CCNC(=O)[C@@H]2CC[C@H](c3cccc(C)c3)N(C(=O)NC(C)C)C2)cc1. The van der Waals surface area contributed by atoms with Crippen molar-refractivity contribution in [1.29, 1.82) is 0 Å². The Kier molecular flexibility index (Phi) is 8.14. The Hall–Kier alpha value is -3.02. The van der Waals surface area contributed by atoms with Gasteiger partial charge in [0.05, 0.1) is 19.1 Å². The summed E-state index contributed by atoms with van der Waals surface area (Å²) in [5, 5.41) is 6.07. The van der Waals surface area contributed by atoms with Gasteiger partial charge in [0.15, 0.2) is 0 Å². The van der Waals surface area contributed by atoms with Crippen molar-refractivity contribution in [2.45, 2.75) is 52.1 Å². The van der Waals surface area contributed by atoms with Gasteiger partial charge in [-0.2, -0.15) is 0 Å². The summed E-state index contributed by atoms with van der Waals surface area (Å²) in [6.07, 6.45) is 2.29. The average Bonchev–Trinajstić information content (AvgIpc) is 2.78. The van der Waals surface area contributed by atoms with Gasteiger partial charge in [0.25, 0.3) is 0 Å². The van der Waals surface area contributed by atoms with Crippen molar-refractivity contribution >= 4 is 11.9 Å². The summed E-state index contributed by atoms with van der Waals surface area (Å²) in [6, 6.07) is 16.1. The number of aryl methyl sites for hydroxylation is 1. The van der Waals surface area contributed by atoms with Gasteiger partial charge in [0, 0.05) is 19.1 Å². The number of methoxy groups -OCH3 is 1. The molecule has 2 atom stereocenters. The Bertz CT molecular complexity index is 911. The molecule has 0 radical (unpaired) electrons.